The molecule has 7 heterocycles. The molecule has 6 aliphatic rings. The van der Waals surface area contributed by atoms with Gasteiger partial charge in [-0.25, -0.2) is 4.79 Å². The van der Waals surface area contributed by atoms with Crippen LogP contribution in [-0.2, 0) is 36.1 Å². The zero-order valence-electron chi connectivity index (χ0n) is 36.2. The summed E-state index contributed by atoms with van der Waals surface area (Å²) < 4.78 is 13.6. The molecule has 9 rings (SSSR count). The molecule has 16 nitrogen and oxygen atoms in total. The van der Waals surface area contributed by atoms with Crippen LogP contribution in [0.2, 0.25) is 0 Å². The molecule has 4 atom stereocenters. The van der Waals surface area contributed by atoms with Gasteiger partial charge in [0.1, 0.15) is 17.5 Å². The van der Waals surface area contributed by atoms with Gasteiger partial charge in [-0.05, 0) is 111 Å². The number of fused-ring (bicyclic) bond motifs is 3. The average molecular weight is 851 g/mol. The molecule has 4 fully saturated rings. The van der Waals surface area contributed by atoms with E-state index < -0.39 is 18.2 Å². The molecule has 5 amide bonds. The monoisotopic (exact) mass is 850 g/mol. The molecule has 3 N–H and O–H groups in total. The number of carbonyl (C=O) groups excluding carboxylic acids is 4. The third kappa shape index (κ3) is 7.70. The fraction of sp³-hybridized carbons (Fsp3) is 0.543. The van der Waals surface area contributed by atoms with E-state index in [0.717, 1.165) is 105 Å². The third-order valence-electron chi connectivity index (χ3n) is 14.4. The Kier molecular flexibility index (Phi) is 11.5. The van der Waals surface area contributed by atoms with Crippen LogP contribution in [0.3, 0.4) is 0 Å². The minimum absolute atomic E-state index is 0.0917. The van der Waals surface area contributed by atoms with Crippen molar-refractivity contribution in [3.8, 4) is 22.6 Å². The quantitative estimate of drug-likeness (QED) is 0.257. The van der Waals surface area contributed by atoms with Gasteiger partial charge in [0.05, 0.1) is 26.3 Å². The number of piperidine rings is 2. The Bertz CT molecular complexity index is 2300. The van der Waals surface area contributed by atoms with E-state index in [9.17, 15) is 29.1 Å². The number of amides is 5. The number of anilines is 1. The topological polar surface area (TPSA) is 169 Å². The van der Waals surface area contributed by atoms with E-state index in [2.05, 4.69) is 37.5 Å². The molecule has 0 bridgehead atoms. The number of imide groups is 1. The molecule has 4 saturated heterocycles. The third-order valence-corrected chi connectivity index (χ3v) is 14.4. The number of urea groups is 1. The van der Waals surface area contributed by atoms with Crippen LogP contribution in [0.4, 0.5) is 10.5 Å². The highest BCUT2D eigenvalue weighted by molar-refractivity contribution is 6.06. The molecule has 330 valence electrons. The van der Waals surface area contributed by atoms with Crippen molar-refractivity contribution in [2.75, 3.05) is 78.5 Å². The molecule has 0 saturated carbocycles. The first kappa shape index (κ1) is 41.9. The molecular weight excluding hydrogens is 793 g/mol. The number of ether oxygens (including phenoxy) is 2. The molecule has 2 aromatic carbocycles. The predicted molar refractivity (Wildman–Crippen MR) is 231 cm³/mol. The van der Waals surface area contributed by atoms with Crippen molar-refractivity contribution in [1.29, 1.82) is 0 Å². The Morgan fingerprint density at radius 2 is 1.58 bits per heavy atom. The van der Waals surface area contributed by atoms with Crippen LogP contribution in [0.5, 0.6) is 11.5 Å². The zero-order valence-corrected chi connectivity index (χ0v) is 36.2. The van der Waals surface area contributed by atoms with Crippen molar-refractivity contribution in [2.24, 2.45) is 24.8 Å². The number of carbonyl (C=O) groups is 4. The fourth-order valence-corrected chi connectivity index (χ4v) is 11.0. The molecule has 0 aliphatic carbocycles. The second-order valence-electron chi connectivity index (χ2n) is 18.0. The number of aryl methyl sites for hydroxylation is 1. The van der Waals surface area contributed by atoms with E-state index in [4.69, 9.17) is 9.47 Å². The van der Waals surface area contributed by atoms with E-state index >= 15 is 0 Å². The molecule has 1 aromatic heterocycles. The van der Waals surface area contributed by atoms with Gasteiger partial charge in [-0.1, -0.05) is 0 Å². The number of likely N-dealkylation sites (tertiary alicyclic amines) is 2. The highest BCUT2D eigenvalue weighted by Crippen LogP contribution is 2.42. The summed E-state index contributed by atoms with van der Waals surface area (Å²) in [6.07, 6.45) is 5.05. The number of aliphatic hydroxyl groups is 1. The van der Waals surface area contributed by atoms with E-state index in [0.29, 0.717) is 47.4 Å². The number of hydrogen-bond donors (Lipinski definition) is 3. The van der Waals surface area contributed by atoms with E-state index in [1.54, 1.807) is 43.8 Å². The summed E-state index contributed by atoms with van der Waals surface area (Å²) >= 11 is 0. The summed E-state index contributed by atoms with van der Waals surface area (Å²) in [6.45, 7) is 8.61. The predicted octanol–water partition coefficient (Wildman–Crippen LogP) is 2.69. The van der Waals surface area contributed by atoms with Crippen LogP contribution in [0, 0.1) is 17.8 Å². The minimum atomic E-state index is -1.22. The number of pyridine rings is 1. The van der Waals surface area contributed by atoms with Gasteiger partial charge >= 0.3 is 6.03 Å². The average Bonchev–Trinajstić information content (AvgIpc) is 3.94. The largest absolute Gasteiger partial charge is 0.496 e. The second kappa shape index (κ2) is 17.0. The maximum Gasteiger partial charge on any atom is 0.317 e. The number of rotatable bonds is 10. The molecule has 62 heavy (non-hydrogen) atoms. The number of methoxy groups -OCH3 is 2. The summed E-state index contributed by atoms with van der Waals surface area (Å²) in [6, 6.07) is 8.68. The van der Waals surface area contributed by atoms with Crippen molar-refractivity contribution < 1.29 is 33.8 Å². The lowest BCUT2D eigenvalue weighted by Gasteiger charge is -2.33. The highest BCUT2D eigenvalue weighted by Gasteiger charge is 2.45. The summed E-state index contributed by atoms with van der Waals surface area (Å²) in [5.74, 6) is 2.03. The van der Waals surface area contributed by atoms with Crippen LogP contribution in [0.15, 0.2) is 41.3 Å². The first-order valence-corrected chi connectivity index (χ1v) is 22.1. The maximum atomic E-state index is 13.3. The molecule has 16 heteroatoms. The molecule has 6 aliphatic heterocycles. The van der Waals surface area contributed by atoms with E-state index in [1.807, 2.05) is 18.3 Å². The van der Waals surface area contributed by atoms with Gasteiger partial charge in [0.15, 0.2) is 6.23 Å². The molecular formula is C46H58N8O8. The molecule has 0 radical (unpaired) electrons. The number of aliphatic hydroxyl groups excluding tert-OH is 1. The lowest BCUT2D eigenvalue weighted by molar-refractivity contribution is -0.139. The Balaban J connectivity index is 0.770. The normalized spacial score (nSPS) is 24.3. The van der Waals surface area contributed by atoms with Crippen LogP contribution < -0.4 is 30.6 Å². The SMILES string of the molecule is CNC(=O)N1CCc2c(-c3cc(OC)c(CN4CCC(CCN5CC6CN(c7ccc8c(c7)C(O)N(C7CCC(=O)NC7=O)C8=O)CC6C5)CC4)c(OC)c3)cn(C)c(=O)c2C1. The van der Waals surface area contributed by atoms with Crippen LogP contribution >= 0.6 is 0 Å². The Morgan fingerprint density at radius 3 is 2.24 bits per heavy atom. The van der Waals surface area contributed by atoms with Crippen molar-refractivity contribution in [3.63, 3.8) is 0 Å². The standard InChI is InChI=1S/C46H58N8O8/c1-47-46(60)52-16-12-32-35(24-49(2)43(57)36(32)26-52)28-17-39(61-3)37(40(18-28)62-4)25-50-13-9-27(10-14-50)11-15-51-20-29-22-53(23-30(29)21-51)31-5-6-33-34(19-31)45(59)54(44(33)58)38-7-8-41(55)48-42(38)56/h5-6,17-19,24,27,29-30,38,45,59H,7-16,20-23,25-26H2,1-4H3,(H,47,60)(H,48,55,56). The molecule has 0 spiro atoms. The van der Waals surface area contributed by atoms with Gasteiger partial charge in [0.2, 0.25) is 11.8 Å². The van der Waals surface area contributed by atoms with Crippen molar-refractivity contribution in [1.82, 2.24) is 34.8 Å². The summed E-state index contributed by atoms with van der Waals surface area (Å²) in [4.78, 5) is 73.5. The number of nitrogens with zero attached hydrogens (tertiary/aromatic N) is 6. The van der Waals surface area contributed by atoms with Gasteiger partial charge in [0.25, 0.3) is 11.5 Å². The van der Waals surface area contributed by atoms with Gasteiger partial charge < -0.3 is 39.2 Å². The second-order valence-corrected chi connectivity index (χ2v) is 18.0. The maximum absolute atomic E-state index is 13.3. The van der Waals surface area contributed by atoms with Crippen molar-refractivity contribution >= 4 is 29.4 Å². The minimum Gasteiger partial charge on any atom is -0.496 e. The number of aromatic nitrogens is 1. The zero-order chi connectivity index (χ0) is 43.4. The van der Waals surface area contributed by atoms with Crippen molar-refractivity contribution in [3.05, 3.63) is 74.7 Å². The van der Waals surface area contributed by atoms with Gasteiger partial charge in [-0.3, -0.25) is 34.3 Å². The van der Waals surface area contributed by atoms with Crippen LogP contribution in [-0.4, -0.2) is 133 Å². The van der Waals surface area contributed by atoms with E-state index in [1.165, 1.54) is 11.3 Å². The lowest BCUT2D eigenvalue weighted by atomic mass is 9.91. The first-order chi connectivity index (χ1) is 29.9. The van der Waals surface area contributed by atoms with Crippen molar-refractivity contribution in [2.45, 2.75) is 63.9 Å². The van der Waals surface area contributed by atoms with Gasteiger partial charge in [0, 0.05) is 93.9 Å². The molecule has 4 unspecified atom stereocenters. The Labute approximate surface area is 361 Å². The Hall–Kier alpha value is -5.45. The number of benzene rings is 2. The Morgan fingerprint density at radius 1 is 0.871 bits per heavy atom. The number of hydrogen-bond acceptors (Lipinski definition) is 11. The highest BCUT2D eigenvalue weighted by atomic mass is 16.5. The van der Waals surface area contributed by atoms with Crippen LogP contribution in [0.25, 0.3) is 11.1 Å². The van der Waals surface area contributed by atoms with E-state index in [-0.39, 0.29) is 42.8 Å². The summed E-state index contributed by atoms with van der Waals surface area (Å²) in [5, 5.41) is 16.2. The first-order valence-electron chi connectivity index (χ1n) is 22.1. The van der Waals surface area contributed by atoms with Gasteiger partial charge in [-0.2, -0.15) is 0 Å². The smallest absolute Gasteiger partial charge is 0.317 e. The van der Waals surface area contributed by atoms with Crippen LogP contribution in [0.1, 0.15) is 70.9 Å². The lowest BCUT2D eigenvalue weighted by Crippen LogP contribution is -2.53. The number of nitrogens with one attached hydrogen (secondary N) is 2. The fourth-order valence-electron chi connectivity index (χ4n) is 11.0. The summed E-state index contributed by atoms with van der Waals surface area (Å²) in [7, 11) is 6.74. The molecule has 3 aromatic rings. The van der Waals surface area contributed by atoms with Gasteiger partial charge in [-0.15, -0.1) is 0 Å². The summed E-state index contributed by atoms with van der Waals surface area (Å²) in [5.41, 5.74) is 6.30.